The van der Waals surface area contributed by atoms with Crippen LogP contribution in [-0.4, -0.2) is 16.6 Å². The third-order valence-corrected chi connectivity index (χ3v) is 4.09. The highest BCUT2D eigenvalue weighted by atomic mass is 31.2. The van der Waals surface area contributed by atoms with Crippen LogP contribution in [0.5, 0.6) is 5.75 Å². The van der Waals surface area contributed by atoms with Crippen molar-refractivity contribution in [2.24, 2.45) is 0 Å². The zero-order valence-electron chi connectivity index (χ0n) is 10.0. The topological polar surface area (TPSA) is 66.8 Å². The van der Waals surface area contributed by atoms with Crippen molar-refractivity contribution in [3.63, 3.8) is 0 Å². The van der Waals surface area contributed by atoms with Crippen LogP contribution in [0.3, 0.4) is 0 Å². The molecule has 0 radical (unpaired) electrons. The monoisotopic (exact) mass is 266 g/mol. The molecule has 0 spiro atoms. The molecule has 2 aromatic rings. The van der Waals surface area contributed by atoms with Gasteiger partial charge in [-0.15, -0.1) is 0 Å². The van der Waals surface area contributed by atoms with Crippen molar-refractivity contribution < 1.29 is 19.1 Å². The van der Waals surface area contributed by atoms with Gasteiger partial charge in [0.25, 0.3) is 0 Å². The van der Waals surface area contributed by atoms with E-state index in [0.717, 1.165) is 5.39 Å². The molecule has 2 N–H and O–H groups in total. The van der Waals surface area contributed by atoms with E-state index in [9.17, 15) is 14.6 Å². The minimum atomic E-state index is -3.62. The lowest BCUT2D eigenvalue weighted by molar-refractivity contribution is 0.273. The largest absolute Gasteiger partial charge is 0.507 e. The summed E-state index contributed by atoms with van der Waals surface area (Å²) < 4.78 is 16.6. The highest BCUT2D eigenvalue weighted by Crippen LogP contribution is 2.46. The van der Waals surface area contributed by atoms with Crippen LogP contribution in [0.15, 0.2) is 36.4 Å². The Hall–Kier alpha value is -1.35. The summed E-state index contributed by atoms with van der Waals surface area (Å²) in [6, 6.07) is 10.4. The second-order valence-corrected chi connectivity index (χ2v) is 5.85. The van der Waals surface area contributed by atoms with Crippen molar-refractivity contribution in [2.75, 3.05) is 6.61 Å². The van der Waals surface area contributed by atoms with Crippen LogP contribution in [0.25, 0.3) is 10.8 Å². The third kappa shape index (κ3) is 2.72. The summed E-state index contributed by atoms with van der Waals surface area (Å²) in [5.41, 5.74) is 0.697. The molecular formula is C13H15O4P. The molecule has 96 valence electrons. The number of phenolic OH excluding ortho intramolecular Hbond substituents is 1. The first-order chi connectivity index (χ1) is 8.53. The number of benzene rings is 2. The maximum atomic E-state index is 11.8. The first kappa shape index (κ1) is 13.1. The quantitative estimate of drug-likeness (QED) is 0.833. The first-order valence-electron chi connectivity index (χ1n) is 5.69. The van der Waals surface area contributed by atoms with Crippen molar-refractivity contribution in [1.29, 1.82) is 0 Å². The average molecular weight is 266 g/mol. The van der Waals surface area contributed by atoms with E-state index in [1.807, 2.05) is 6.07 Å². The van der Waals surface area contributed by atoms with Crippen molar-refractivity contribution in [1.82, 2.24) is 0 Å². The summed E-state index contributed by atoms with van der Waals surface area (Å²) in [6.07, 6.45) is -0.0539. The Morgan fingerprint density at radius 1 is 1.17 bits per heavy atom. The first-order valence-corrected chi connectivity index (χ1v) is 7.46. The molecule has 0 aromatic heterocycles. The van der Waals surface area contributed by atoms with Gasteiger partial charge in [0, 0.05) is 5.39 Å². The molecule has 0 saturated carbocycles. The normalized spacial score (nSPS) is 14.6. The van der Waals surface area contributed by atoms with E-state index in [2.05, 4.69) is 0 Å². The predicted octanol–water partition coefficient (Wildman–Crippen LogP) is 3.27. The van der Waals surface area contributed by atoms with E-state index in [1.54, 1.807) is 37.3 Å². The molecule has 4 nitrogen and oxygen atoms in total. The molecule has 0 heterocycles. The molecule has 0 fully saturated rings. The summed E-state index contributed by atoms with van der Waals surface area (Å²) in [6.45, 7) is 1.88. The van der Waals surface area contributed by atoms with Crippen LogP contribution >= 0.6 is 7.60 Å². The minimum absolute atomic E-state index is 0.0539. The Kier molecular flexibility index (Phi) is 3.71. The number of hydrogen-bond donors (Lipinski definition) is 2. The Balaban J connectivity index is 2.46. The van der Waals surface area contributed by atoms with Crippen LogP contribution in [0.1, 0.15) is 12.5 Å². The number of fused-ring (bicyclic) bond motifs is 1. The average Bonchev–Trinajstić information content (AvgIpc) is 2.30. The van der Waals surface area contributed by atoms with Crippen LogP contribution < -0.4 is 0 Å². The van der Waals surface area contributed by atoms with Crippen molar-refractivity contribution >= 4 is 18.4 Å². The molecule has 0 aliphatic heterocycles. The summed E-state index contributed by atoms with van der Waals surface area (Å²) in [7, 11) is -3.62. The fraction of sp³-hybridized carbons (Fsp3) is 0.231. The molecule has 5 heteroatoms. The number of phenols is 1. The Morgan fingerprint density at radius 3 is 2.56 bits per heavy atom. The van der Waals surface area contributed by atoms with E-state index >= 15 is 0 Å². The molecule has 0 saturated heterocycles. The van der Waals surface area contributed by atoms with Crippen LogP contribution in [-0.2, 0) is 15.3 Å². The number of rotatable bonds is 4. The highest BCUT2D eigenvalue weighted by molar-refractivity contribution is 7.52. The Morgan fingerprint density at radius 2 is 1.83 bits per heavy atom. The second-order valence-electron chi connectivity index (χ2n) is 4.00. The van der Waals surface area contributed by atoms with Gasteiger partial charge in [-0.3, -0.25) is 4.57 Å². The van der Waals surface area contributed by atoms with Gasteiger partial charge in [-0.25, -0.2) is 0 Å². The maximum absolute atomic E-state index is 11.8. The van der Waals surface area contributed by atoms with Gasteiger partial charge in [-0.1, -0.05) is 30.3 Å². The zero-order chi connectivity index (χ0) is 13.2. The van der Waals surface area contributed by atoms with E-state index in [1.165, 1.54) is 0 Å². The van der Waals surface area contributed by atoms with Gasteiger partial charge < -0.3 is 14.5 Å². The molecule has 0 aliphatic carbocycles. The van der Waals surface area contributed by atoms with Crippen LogP contribution in [0, 0.1) is 0 Å². The molecule has 0 aliphatic rings. The van der Waals surface area contributed by atoms with E-state index < -0.39 is 7.60 Å². The standard InChI is InChI=1S/C13H15O4P/c1-2-17-18(15,16)9-10-5-3-7-12-11(10)6-4-8-13(12)14/h3-8,14H,2,9H2,1H3,(H,15,16). The molecule has 18 heavy (non-hydrogen) atoms. The molecule has 0 amide bonds. The van der Waals surface area contributed by atoms with E-state index in [4.69, 9.17) is 4.52 Å². The van der Waals surface area contributed by atoms with Crippen LogP contribution in [0.4, 0.5) is 0 Å². The summed E-state index contributed by atoms with van der Waals surface area (Å²) in [5.74, 6) is 0.165. The SMILES string of the molecule is CCOP(=O)(O)Cc1cccc2c(O)cccc12. The van der Waals surface area contributed by atoms with Crippen LogP contribution in [0.2, 0.25) is 0 Å². The smallest absolute Gasteiger partial charge is 0.332 e. The third-order valence-electron chi connectivity index (χ3n) is 2.69. The van der Waals surface area contributed by atoms with E-state index in [0.29, 0.717) is 10.9 Å². The number of hydrogen-bond acceptors (Lipinski definition) is 3. The molecule has 2 aromatic carbocycles. The lowest BCUT2D eigenvalue weighted by Crippen LogP contribution is -1.94. The maximum Gasteiger partial charge on any atom is 0.332 e. The summed E-state index contributed by atoms with van der Waals surface area (Å²) in [5, 5.41) is 11.2. The Bertz CT molecular complexity index is 609. The Labute approximate surface area is 105 Å². The fourth-order valence-electron chi connectivity index (χ4n) is 1.96. The molecule has 2 rings (SSSR count). The molecule has 1 unspecified atom stereocenters. The van der Waals surface area contributed by atoms with E-state index in [-0.39, 0.29) is 18.5 Å². The summed E-state index contributed by atoms with van der Waals surface area (Å²) >= 11 is 0. The highest BCUT2D eigenvalue weighted by Gasteiger charge is 2.20. The van der Waals surface area contributed by atoms with Gasteiger partial charge in [0.05, 0.1) is 12.8 Å². The van der Waals surface area contributed by atoms with Gasteiger partial charge >= 0.3 is 7.60 Å². The van der Waals surface area contributed by atoms with Crippen molar-refractivity contribution in [2.45, 2.75) is 13.1 Å². The molecule has 1 atom stereocenters. The predicted molar refractivity (Wildman–Crippen MR) is 70.8 cm³/mol. The van der Waals surface area contributed by atoms with Crippen molar-refractivity contribution in [3.05, 3.63) is 42.0 Å². The van der Waals surface area contributed by atoms with Gasteiger partial charge in [0.15, 0.2) is 0 Å². The molecule has 0 bridgehead atoms. The van der Waals surface area contributed by atoms with Gasteiger partial charge in [-0.05, 0) is 23.9 Å². The minimum Gasteiger partial charge on any atom is -0.507 e. The van der Waals surface area contributed by atoms with Gasteiger partial charge in [-0.2, -0.15) is 0 Å². The van der Waals surface area contributed by atoms with Crippen molar-refractivity contribution in [3.8, 4) is 5.75 Å². The molecular weight excluding hydrogens is 251 g/mol. The summed E-state index contributed by atoms with van der Waals surface area (Å²) in [4.78, 5) is 9.67. The number of aromatic hydroxyl groups is 1. The zero-order valence-corrected chi connectivity index (χ0v) is 10.9. The van der Waals surface area contributed by atoms with Gasteiger partial charge in [0.2, 0.25) is 0 Å². The lowest BCUT2D eigenvalue weighted by Gasteiger charge is -2.12. The lowest BCUT2D eigenvalue weighted by atomic mass is 10.1. The fourth-order valence-corrected chi connectivity index (χ4v) is 3.16. The van der Waals surface area contributed by atoms with Gasteiger partial charge in [0.1, 0.15) is 5.75 Å². The second kappa shape index (κ2) is 5.11.